The van der Waals surface area contributed by atoms with Crippen LogP contribution in [0, 0.1) is 5.82 Å². The van der Waals surface area contributed by atoms with Gasteiger partial charge in [-0.3, -0.25) is 9.69 Å². The van der Waals surface area contributed by atoms with Gasteiger partial charge in [-0.15, -0.1) is 24.8 Å². The standard InChI is InChI=1S/C14H18FN3O.2ClH/c15-11-3-1-2-4-12(11)18-8-5-13(14(18)19)17-9-6-16-7-10-17;;/h1-4,13,16H,5-10H2;2*1H. The summed E-state index contributed by atoms with van der Waals surface area (Å²) in [7, 11) is 0. The third-order valence-electron chi connectivity index (χ3n) is 3.91. The first-order valence-corrected chi connectivity index (χ1v) is 6.78. The van der Waals surface area contributed by atoms with Crippen molar-refractivity contribution in [1.82, 2.24) is 10.2 Å². The summed E-state index contributed by atoms with van der Waals surface area (Å²) in [5, 5.41) is 3.28. The van der Waals surface area contributed by atoms with Gasteiger partial charge in [-0.2, -0.15) is 0 Å². The molecule has 1 amide bonds. The van der Waals surface area contributed by atoms with E-state index in [9.17, 15) is 9.18 Å². The van der Waals surface area contributed by atoms with E-state index < -0.39 is 0 Å². The lowest BCUT2D eigenvalue weighted by atomic mass is 10.2. The second-order valence-electron chi connectivity index (χ2n) is 5.03. The third kappa shape index (κ3) is 3.66. The van der Waals surface area contributed by atoms with Gasteiger partial charge in [0.05, 0.1) is 11.7 Å². The van der Waals surface area contributed by atoms with Crippen molar-refractivity contribution in [2.24, 2.45) is 0 Å². The summed E-state index contributed by atoms with van der Waals surface area (Å²) in [6.45, 7) is 4.23. The van der Waals surface area contributed by atoms with E-state index in [4.69, 9.17) is 0 Å². The van der Waals surface area contributed by atoms with Crippen molar-refractivity contribution >= 4 is 36.4 Å². The first-order chi connectivity index (χ1) is 9.27. The molecule has 2 heterocycles. The molecule has 0 spiro atoms. The van der Waals surface area contributed by atoms with Crippen LogP contribution in [0.4, 0.5) is 10.1 Å². The Balaban J connectivity index is 0.00000110. The van der Waals surface area contributed by atoms with Crippen molar-refractivity contribution in [2.45, 2.75) is 12.5 Å². The van der Waals surface area contributed by atoms with E-state index in [1.54, 1.807) is 23.1 Å². The van der Waals surface area contributed by atoms with Crippen LogP contribution >= 0.6 is 24.8 Å². The molecule has 1 unspecified atom stereocenters. The van der Waals surface area contributed by atoms with Crippen LogP contribution in [0.25, 0.3) is 0 Å². The fraction of sp³-hybridized carbons (Fsp3) is 0.500. The summed E-state index contributed by atoms with van der Waals surface area (Å²) in [5.74, 6) is -0.288. The van der Waals surface area contributed by atoms with E-state index in [1.807, 2.05) is 0 Å². The summed E-state index contributed by atoms with van der Waals surface area (Å²) in [4.78, 5) is 16.2. The number of hydrogen-bond acceptors (Lipinski definition) is 3. The number of hydrogen-bond donors (Lipinski definition) is 1. The number of nitrogens with zero attached hydrogens (tertiary/aromatic N) is 2. The van der Waals surface area contributed by atoms with Gasteiger partial charge in [0.15, 0.2) is 0 Å². The predicted octanol–water partition coefficient (Wildman–Crippen LogP) is 1.68. The highest BCUT2D eigenvalue weighted by Crippen LogP contribution is 2.26. The number of carbonyl (C=O) groups is 1. The number of para-hydroxylation sites is 1. The summed E-state index contributed by atoms with van der Waals surface area (Å²) < 4.78 is 13.8. The van der Waals surface area contributed by atoms with Crippen molar-refractivity contribution in [3.63, 3.8) is 0 Å². The maximum atomic E-state index is 13.8. The normalized spacial score (nSPS) is 22.6. The monoisotopic (exact) mass is 335 g/mol. The van der Waals surface area contributed by atoms with Gasteiger partial charge in [0.1, 0.15) is 5.82 Å². The molecule has 0 bridgehead atoms. The van der Waals surface area contributed by atoms with Crippen LogP contribution in [0.15, 0.2) is 24.3 Å². The number of rotatable bonds is 2. The lowest BCUT2D eigenvalue weighted by molar-refractivity contribution is -0.121. The average molecular weight is 336 g/mol. The van der Waals surface area contributed by atoms with E-state index in [-0.39, 0.29) is 42.6 Å². The number of anilines is 1. The SMILES string of the molecule is Cl.Cl.O=C1C(N2CCNCC2)CCN1c1ccccc1F. The zero-order valence-electron chi connectivity index (χ0n) is 11.6. The highest BCUT2D eigenvalue weighted by molar-refractivity contribution is 5.99. The van der Waals surface area contributed by atoms with Gasteiger partial charge in [0, 0.05) is 32.7 Å². The summed E-state index contributed by atoms with van der Waals surface area (Å²) >= 11 is 0. The van der Waals surface area contributed by atoms with Crippen LogP contribution in [0.1, 0.15) is 6.42 Å². The Morgan fingerprint density at radius 3 is 2.43 bits per heavy atom. The minimum Gasteiger partial charge on any atom is -0.314 e. The Hall–Kier alpha value is -0.880. The van der Waals surface area contributed by atoms with Crippen molar-refractivity contribution < 1.29 is 9.18 Å². The molecule has 2 fully saturated rings. The van der Waals surface area contributed by atoms with Crippen LogP contribution in [-0.4, -0.2) is 49.6 Å². The fourth-order valence-corrected chi connectivity index (χ4v) is 2.91. The Morgan fingerprint density at radius 2 is 1.76 bits per heavy atom. The molecule has 0 radical (unpaired) electrons. The number of nitrogens with one attached hydrogen (secondary N) is 1. The minimum absolute atomic E-state index is 0. The first-order valence-electron chi connectivity index (χ1n) is 6.78. The maximum absolute atomic E-state index is 13.8. The minimum atomic E-state index is -0.322. The molecule has 0 aromatic heterocycles. The van der Waals surface area contributed by atoms with Crippen molar-refractivity contribution in [3.05, 3.63) is 30.1 Å². The molecule has 1 aromatic rings. The van der Waals surface area contributed by atoms with E-state index in [0.717, 1.165) is 32.6 Å². The smallest absolute Gasteiger partial charge is 0.244 e. The zero-order chi connectivity index (χ0) is 13.2. The van der Waals surface area contributed by atoms with Gasteiger partial charge in [0.2, 0.25) is 5.91 Å². The molecule has 4 nitrogen and oxygen atoms in total. The number of amides is 1. The lowest BCUT2D eigenvalue weighted by Gasteiger charge is -2.31. The number of benzene rings is 1. The molecule has 3 rings (SSSR count). The molecule has 7 heteroatoms. The molecule has 2 aliphatic heterocycles. The highest BCUT2D eigenvalue weighted by atomic mass is 35.5. The quantitative estimate of drug-likeness (QED) is 0.893. The number of halogens is 3. The van der Waals surface area contributed by atoms with Crippen LogP contribution in [0.5, 0.6) is 0 Å². The Labute approximate surface area is 136 Å². The summed E-state index contributed by atoms with van der Waals surface area (Å²) in [6.07, 6.45) is 0.785. The van der Waals surface area contributed by atoms with Gasteiger partial charge in [-0.1, -0.05) is 12.1 Å². The van der Waals surface area contributed by atoms with E-state index in [0.29, 0.717) is 12.2 Å². The topological polar surface area (TPSA) is 35.6 Å². The molecular formula is C14H20Cl2FN3O. The van der Waals surface area contributed by atoms with Gasteiger partial charge in [-0.05, 0) is 18.6 Å². The fourth-order valence-electron chi connectivity index (χ4n) is 2.91. The molecule has 21 heavy (non-hydrogen) atoms. The van der Waals surface area contributed by atoms with Gasteiger partial charge in [-0.25, -0.2) is 4.39 Å². The van der Waals surface area contributed by atoms with E-state index in [2.05, 4.69) is 10.2 Å². The molecule has 2 saturated heterocycles. The van der Waals surface area contributed by atoms with Gasteiger partial charge < -0.3 is 10.2 Å². The Kier molecular flexibility index (Phi) is 6.87. The van der Waals surface area contributed by atoms with Gasteiger partial charge in [0.25, 0.3) is 0 Å². The molecular weight excluding hydrogens is 316 g/mol. The molecule has 1 aromatic carbocycles. The predicted molar refractivity (Wildman–Crippen MR) is 86.1 cm³/mol. The van der Waals surface area contributed by atoms with Crippen molar-refractivity contribution in [1.29, 1.82) is 0 Å². The molecule has 1 N–H and O–H groups in total. The Bertz CT molecular complexity index is 483. The second-order valence-corrected chi connectivity index (χ2v) is 5.03. The van der Waals surface area contributed by atoms with Crippen LogP contribution in [-0.2, 0) is 4.79 Å². The molecule has 2 aliphatic rings. The molecule has 0 saturated carbocycles. The van der Waals surface area contributed by atoms with Crippen molar-refractivity contribution in [3.8, 4) is 0 Å². The first kappa shape index (κ1) is 18.2. The third-order valence-corrected chi connectivity index (χ3v) is 3.91. The van der Waals surface area contributed by atoms with Crippen molar-refractivity contribution in [2.75, 3.05) is 37.6 Å². The number of carbonyl (C=O) groups excluding carboxylic acids is 1. The maximum Gasteiger partial charge on any atom is 0.244 e. The highest BCUT2D eigenvalue weighted by Gasteiger charge is 2.37. The largest absolute Gasteiger partial charge is 0.314 e. The average Bonchev–Trinajstić information content (AvgIpc) is 2.82. The van der Waals surface area contributed by atoms with Crippen LogP contribution in [0.2, 0.25) is 0 Å². The molecule has 118 valence electrons. The van der Waals surface area contributed by atoms with Crippen LogP contribution in [0.3, 0.4) is 0 Å². The summed E-state index contributed by atoms with van der Waals surface area (Å²) in [6, 6.07) is 6.41. The Morgan fingerprint density at radius 1 is 1.10 bits per heavy atom. The molecule has 1 atom stereocenters. The number of piperazine rings is 1. The second kappa shape index (κ2) is 7.94. The lowest BCUT2D eigenvalue weighted by Crippen LogP contribution is -2.51. The zero-order valence-corrected chi connectivity index (χ0v) is 13.3. The van der Waals surface area contributed by atoms with Crippen LogP contribution < -0.4 is 10.2 Å². The van der Waals surface area contributed by atoms with Gasteiger partial charge >= 0.3 is 0 Å². The molecule has 0 aliphatic carbocycles. The summed E-state index contributed by atoms with van der Waals surface area (Å²) in [5.41, 5.74) is 0.408. The van der Waals surface area contributed by atoms with E-state index in [1.165, 1.54) is 6.07 Å². The van der Waals surface area contributed by atoms with E-state index >= 15 is 0 Å².